The second-order valence-electron chi connectivity index (χ2n) is 3.54. The summed E-state index contributed by atoms with van der Waals surface area (Å²) >= 11 is 0. The number of rotatable bonds is 8. The molecule has 17 heavy (non-hydrogen) atoms. The predicted molar refractivity (Wildman–Crippen MR) is 66.7 cm³/mol. The van der Waals surface area contributed by atoms with Gasteiger partial charge in [0, 0.05) is 7.11 Å². The number of hydrogen-bond acceptors (Lipinski definition) is 4. The molecule has 0 spiro atoms. The van der Waals surface area contributed by atoms with E-state index >= 15 is 0 Å². The van der Waals surface area contributed by atoms with E-state index in [1.54, 1.807) is 19.2 Å². The maximum Gasteiger partial charge on any atom is 0.180 e. The predicted octanol–water partition coefficient (Wildman–Crippen LogP) is 1.50. The van der Waals surface area contributed by atoms with Crippen molar-refractivity contribution < 1.29 is 14.3 Å². The minimum atomic E-state index is 0.0415. The Morgan fingerprint density at radius 1 is 1.29 bits per heavy atom. The molecule has 0 atom stereocenters. The van der Waals surface area contributed by atoms with Crippen LogP contribution in [0.4, 0.5) is 0 Å². The van der Waals surface area contributed by atoms with Crippen molar-refractivity contribution in [3.8, 4) is 5.75 Å². The van der Waals surface area contributed by atoms with Gasteiger partial charge < -0.3 is 14.8 Å². The zero-order valence-corrected chi connectivity index (χ0v) is 10.4. The number of Topliss-reactive ketones (excluding diaryl/α,β-unsaturated/α-hetero) is 1. The molecule has 1 rings (SSSR count). The summed E-state index contributed by atoms with van der Waals surface area (Å²) in [5.74, 6) is 0.660. The number of likely N-dealkylation sites (N-methyl/N-ethyl adjacent to an activating group) is 1. The van der Waals surface area contributed by atoms with Gasteiger partial charge in [-0.15, -0.1) is 0 Å². The number of ketones is 1. The molecular formula is C13H19NO3. The normalized spacial score (nSPS) is 10.2. The van der Waals surface area contributed by atoms with Crippen molar-refractivity contribution in [3.05, 3.63) is 29.8 Å². The second-order valence-corrected chi connectivity index (χ2v) is 3.54. The van der Waals surface area contributed by atoms with Crippen LogP contribution in [0.3, 0.4) is 0 Å². The van der Waals surface area contributed by atoms with Crippen LogP contribution in [0.5, 0.6) is 5.75 Å². The average molecular weight is 237 g/mol. The maximum atomic E-state index is 11.9. The van der Waals surface area contributed by atoms with Gasteiger partial charge in [-0.1, -0.05) is 19.1 Å². The smallest absolute Gasteiger partial charge is 0.180 e. The molecular weight excluding hydrogens is 218 g/mol. The van der Waals surface area contributed by atoms with E-state index in [0.717, 1.165) is 6.54 Å². The molecule has 0 aliphatic heterocycles. The van der Waals surface area contributed by atoms with Crippen molar-refractivity contribution in [2.75, 3.05) is 33.4 Å². The number of carbonyl (C=O) groups is 1. The highest BCUT2D eigenvalue weighted by Crippen LogP contribution is 2.18. The van der Waals surface area contributed by atoms with Crippen LogP contribution < -0.4 is 10.1 Å². The van der Waals surface area contributed by atoms with E-state index in [-0.39, 0.29) is 5.78 Å². The topological polar surface area (TPSA) is 47.6 Å². The van der Waals surface area contributed by atoms with Gasteiger partial charge in [0.2, 0.25) is 0 Å². The molecule has 1 N–H and O–H groups in total. The first-order chi connectivity index (χ1) is 8.29. The molecule has 1 aromatic carbocycles. The summed E-state index contributed by atoms with van der Waals surface area (Å²) in [5, 5.41) is 3.01. The molecule has 0 aliphatic rings. The summed E-state index contributed by atoms with van der Waals surface area (Å²) in [6.07, 6.45) is 0. The van der Waals surface area contributed by atoms with Crippen LogP contribution in [0, 0.1) is 0 Å². The second kappa shape index (κ2) is 7.81. The largest absolute Gasteiger partial charge is 0.490 e. The number of carbonyl (C=O) groups excluding carboxylic acids is 1. The average Bonchev–Trinajstić information content (AvgIpc) is 2.37. The van der Waals surface area contributed by atoms with E-state index in [4.69, 9.17) is 9.47 Å². The number of para-hydroxylation sites is 1. The molecule has 0 aromatic heterocycles. The van der Waals surface area contributed by atoms with Gasteiger partial charge in [0.1, 0.15) is 12.4 Å². The number of methoxy groups -OCH3 is 1. The molecule has 0 amide bonds. The molecule has 0 heterocycles. The molecule has 0 aliphatic carbocycles. The zero-order valence-electron chi connectivity index (χ0n) is 10.4. The first-order valence-corrected chi connectivity index (χ1v) is 5.74. The van der Waals surface area contributed by atoms with Crippen molar-refractivity contribution in [1.29, 1.82) is 0 Å². The van der Waals surface area contributed by atoms with E-state index in [2.05, 4.69) is 5.32 Å². The highest BCUT2D eigenvalue weighted by Gasteiger charge is 2.10. The third-order valence-electron chi connectivity index (χ3n) is 2.27. The summed E-state index contributed by atoms with van der Waals surface area (Å²) < 4.78 is 10.4. The fourth-order valence-electron chi connectivity index (χ4n) is 1.39. The van der Waals surface area contributed by atoms with E-state index in [1.807, 2.05) is 19.1 Å². The maximum absolute atomic E-state index is 11.9. The minimum Gasteiger partial charge on any atom is -0.490 e. The standard InChI is InChI=1S/C13H19NO3/c1-3-14-10-12(15)11-6-4-5-7-13(11)17-9-8-16-2/h4-7,14H,3,8-10H2,1-2H3. The van der Waals surface area contributed by atoms with Gasteiger partial charge in [0.05, 0.1) is 18.7 Å². The number of ether oxygens (including phenoxy) is 2. The summed E-state index contributed by atoms with van der Waals surface area (Å²) in [7, 11) is 1.62. The Labute approximate surface area is 102 Å². The third kappa shape index (κ3) is 4.54. The molecule has 4 heteroatoms. The van der Waals surface area contributed by atoms with E-state index in [1.165, 1.54) is 0 Å². The number of hydrogen-bond donors (Lipinski definition) is 1. The Balaban J connectivity index is 2.66. The molecule has 0 bridgehead atoms. The first kappa shape index (κ1) is 13.7. The molecule has 0 saturated carbocycles. The third-order valence-corrected chi connectivity index (χ3v) is 2.27. The zero-order chi connectivity index (χ0) is 12.5. The first-order valence-electron chi connectivity index (χ1n) is 5.74. The van der Waals surface area contributed by atoms with Crippen LogP contribution in [0.25, 0.3) is 0 Å². The lowest BCUT2D eigenvalue weighted by molar-refractivity contribution is 0.0984. The molecule has 4 nitrogen and oxygen atoms in total. The molecule has 1 aromatic rings. The molecule has 0 saturated heterocycles. The Bertz CT molecular complexity index is 352. The molecule has 0 radical (unpaired) electrons. The summed E-state index contributed by atoms with van der Waals surface area (Å²) in [6, 6.07) is 7.27. The van der Waals surface area contributed by atoms with Crippen LogP contribution in [0.1, 0.15) is 17.3 Å². The quantitative estimate of drug-likeness (QED) is 0.550. The van der Waals surface area contributed by atoms with Crippen LogP contribution in [0.2, 0.25) is 0 Å². The Hall–Kier alpha value is -1.39. The highest BCUT2D eigenvalue weighted by atomic mass is 16.5. The van der Waals surface area contributed by atoms with Crippen molar-refractivity contribution in [2.45, 2.75) is 6.92 Å². The summed E-state index contributed by atoms with van der Waals surface area (Å²) in [4.78, 5) is 11.9. The van der Waals surface area contributed by atoms with Crippen LogP contribution >= 0.6 is 0 Å². The monoisotopic (exact) mass is 237 g/mol. The van der Waals surface area contributed by atoms with E-state index < -0.39 is 0 Å². The minimum absolute atomic E-state index is 0.0415. The van der Waals surface area contributed by atoms with Crippen LogP contribution in [-0.2, 0) is 4.74 Å². The Morgan fingerprint density at radius 2 is 2.06 bits per heavy atom. The van der Waals surface area contributed by atoms with Gasteiger partial charge in [-0.3, -0.25) is 4.79 Å². The van der Waals surface area contributed by atoms with Crippen molar-refractivity contribution in [1.82, 2.24) is 5.32 Å². The summed E-state index contributed by atoms with van der Waals surface area (Å²) in [5.41, 5.74) is 0.615. The highest BCUT2D eigenvalue weighted by molar-refractivity contribution is 6.00. The van der Waals surface area contributed by atoms with Crippen LogP contribution in [-0.4, -0.2) is 39.2 Å². The van der Waals surface area contributed by atoms with E-state index in [9.17, 15) is 4.79 Å². The molecule has 0 fully saturated rings. The van der Waals surface area contributed by atoms with Gasteiger partial charge in [0.25, 0.3) is 0 Å². The van der Waals surface area contributed by atoms with Crippen molar-refractivity contribution in [2.24, 2.45) is 0 Å². The fourth-order valence-corrected chi connectivity index (χ4v) is 1.39. The Morgan fingerprint density at radius 3 is 2.76 bits per heavy atom. The lowest BCUT2D eigenvalue weighted by Crippen LogP contribution is -2.23. The van der Waals surface area contributed by atoms with Crippen molar-refractivity contribution in [3.63, 3.8) is 0 Å². The van der Waals surface area contributed by atoms with Gasteiger partial charge in [0.15, 0.2) is 5.78 Å². The van der Waals surface area contributed by atoms with Crippen LogP contribution in [0.15, 0.2) is 24.3 Å². The van der Waals surface area contributed by atoms with Gasteiger partial charge in [-0.25, -0.2) is 0 Å². The number of nitrogens with one attached hydrogen (secondary N) is 1. The molecule has 0 unspecified atom stereocenters. The van der Waals surface area contributed by atoms with Crippen molar-refractivity contribution >= 4 is 5.78 Å². The van der Waals surface area contributed by atoms with Gasteiger partial charge in [-0.2, -0.15) is 0 Å². The van der Waals surface area contributed by atoms with Gasteiger partial charge in [-0.05, 0) is 18.7 Å². The Kier molecular flexibility index (Phi) is 6.29. The lowest BCUT2D eigenvalue weighted by Gasteiger charge is -2.10. The lowest BCUT2D eigenvalue weighted by atomic mass is 10.1. The fraction of sp³-hybridized carbons (Fsp3) is 0.462. The SMILES string of the molecule is CCNCC(=O)c1ccccc1OCCOC. The molecule has 94 valence electrons. The van der Waals surface area contributed by atoms with Gasteiger partial charge >= 0.3 is 0 Å². The van der Waals surface area contributed by atoms with E-state index in [0.29, 0.717) is 31.1 Å². The summed E-state index contributed by atoms with van der Waals surface area (Å²) in [6.45, 7) is 4.03. The number of benzene rings is 1.